The van der Waals surface area contributed by atoms with E-state index in [1.165, 1.54) is 11.8 Å². The lowest BCUT2D eigenvalue weighted by atomic mass is 10.1. The molecule has 244 valence electrons. The van der Waals surface area contributed by atoms with Gasteiger partial charge in [0.05, 0.1) is 6.61 Å². The number of rotatable bonds is 11. The monoisotopic (exact) mass is 647 g/mol. The topological polar surface area (TPSA) is 131 Å². The van der Waals surface area contributed by atoms with Gasteiger partial charge in [0.15, 0.2) is 5.82 Å². The maximum atomic E-state index is 13.8. The molecule has 0 bridgehead atoms. The molecule has 11 nitrogen and oxygen atoms in total. The van der Waals surface area contributed by atoms with Gasteiger partial charge in [-0.05, 0) is 39.7 Å². The van der Waals surface area contributed by atoms with Gasteiger partial charge >= 0.3 is 12.1 Å². The number of esters is 1. The van der Waals surface area contributed by atoms with Crippen LogP contribution in [0.5, 0.6) is 0 Å². The summed E-state index contributed by atoms with van der Waals surface area (Å²) in [5.41, 5.74) is 1.27. The van der Waals surface area contributed by atoms with Gasteiger partial charge in [-0.1, -0.05) is 60.7 Å². The zero-order valence-electron chi connectivity index (χ0n) is 26.7. The van der Waals surface area contributed by atoms with Gasteiger partial charge in [0.2, 0.25) is 5.91 Å². The molecule has 1 fully saturated rings. The Morgan fingerprint density at radius 3 is 2.17 bits per heavy atom. The average molecular weight is 648 g/mol. The quantitative estimate of drug-likeness (QED) is 0.174. The first-order valence-electron chi connectivity index (χ1n) is 15.4. The highest BCUT2D eigenvalue weighted by atomic mass is 32.2. The molecule has 3 aromatic rings. The van der Waals surface area contributed by atoms with Crippen LogP contribution in [-0.4, -0.2) is 88.1 Å². The van der Waals surface area contributed by atoms with Crippen molar-refractivity contribution < 1.29 is 28.7 Å². The van der Waals surface area contributed by atoms with Crippen LogP contribution in [0.3, 0.4) is 0 Å². The number of hydrogen-bond acceptors (Lipinski definition) is 9. The second-order valence-corrected chi connectivity index (χ2v) is 12.7. The van der Waals surface area contributed by atoms with E-state index in [4.69, 9.17) is 14.5 Å². The summed E-state index contributed by atoms with van der Waals surface area (Å²) in [6.45, 7) is 8.43. The first-order chi connectivity index (χ1) is 22.0. The van der Waals surface area contributed by atoms with E-state index in [2.05, 4.69) is 10.3 Å². The number of carbonyl (C=O) groups excluding carboxylic acids is 4. The number of ether oxygens (including phenoxy) is 2. The Hall–Kier alpha value is -4.45. The van der Waals surface area contributed by atoms with Crippen molar-refractivity contribution in [2.75, 3.05) is 32.8 Å². The Morgan fingerprint density at radius 1 is 0.913 bits per heavy atom. The highest BCUT2D eigenvalue weighted by molar-refractivity contribution is 7.98. The maximum Gasteiger partial charge on any atom is 0.409 e. The zero-order chi connectivity index (χ0) is 33.1. The molecular weight excluding hydrogens is 606 g/mol. The molecule has 2 aromatic carbocycles. The fraction of sp³-hybridized carbons (Fsp3) is 0.412. The van der Waals surface area contributed by atoms with E-state index >= 15 is 0 Å². The van der Waals surface area contributed by atoms with Crippen LogP contribution >= 0.6 is 11.8 Å². The van der Waals surface area contributed by atoms with Gasteiger partial charge in [-0.3, -0.25) is 14.4 Å². The summed E-state index contributed by atoms with van der Waals surface area (Å²) in [4.78, 5) is 64.7. The smallest absolute Gasteiger partial charge is 0.409 e. The molecule has 0 spiro atoms. The summed E-state index contributed by atoms with van der Waals surface area (Å²) < 4.78 is 10.5. The predicted octanol–water partition coefficient (Wildman–Crippen LogP) is 4.96. The Bertz CT molecular complexity index is 1490. The molecule has 0 radical (unpaired) electrons. The van der Waals surface area contributed by atoms with E-state index in [-0.39, 0.29) is 44.1 Å². The van der Waals surface area contributed by atoms with Gasteiger partial charge in [0, 0.05) is 50.0 Å². The van der Waals surface area contributed by atoms with Gasteiger partial charge < -0.3 is 24.6 Å². The minimum Gasteiger partial charge on any atom is -0.460 e. The lowest BCUT2D eigenvalue weighted by Gasteiger charge is -2.36. The molecule has 0 aliphatic carbocycles. The van der Waals surface area contributed by atoms with Crippen molar-refractivity contribution in [2.45, 2.75) is 63.0 Å². The minimum absolute atomic E-state index is 0.0316. The Morgan fingerprint density at radius 2 is 1.54 bits per heavy atom. The number of amides is 3. The van der Waals surface area contributed by atoms with Crippen molar-refractivity contribution in [1.82, 2.24) is 25.1 Å². The van der Waals surface area contributed by atoms with Crippen LogP contribution in [0.15, 0.2) is 71.8 Å². The third kappa shape index (κ3) is 10.3. The van der Waals surface area contributed by atoms with Gasteiger partial charge in [-0.15, -0.1) is 11.8 Å². The van der Waals surface area contributed by atoms with E-state index in [1.54, 1.807) is 43.6 Å². The Kier molecular flexibility index (Phi) is 12.1. The lowest BCUT2D eigenvalue weighted by molar-refractivity contribution is -0.155. The number of piperazine rings is 1. The maximum absolute atomic E-state index is 13.8. The number of nitrogens with zero attached hydrogens (tertiary/aromatic N) is 4. The highest BCUT2D eigenvalue weighted by Crippen LogP contribution is 2.25. The molecule has 1 aliphatic heterocycles. The SMILES string of the molecule is CCOC(=O)N1CCN(C(=O)[C@H](CCC(=O)OC(C)(C)C)NC(=O)c2cc(SCc3ccccc3)nc(-c3ccccc3)n2)CC1. The van der Waals surface area contributed by atoms with E-state index in [0.29, 0.717) is 29.7 Å². The largest absolute Gasteiger partial charge is 0.460 e. The molecule has 12 heteroatoms. The third-order valence-corrected chi connectivity index (χ3v) is 7.96. The average Bonchev–Trinajstić information content (AvgIpc) is 3.05. The number of carbonyl (C=O) groups is 4. The number of hydrogen-bond donors (Lipinski definition) is 1. The lowest BCUT2D eigenvalue weighted by Crippen LogP contribution is -2.56. The van der Waals surface area contributed by atoms with Crippen LogP contribution in [0, 0.1) is 0 Å². The normalized spacial score (nSPS) is 13.9. The molecule has 4 rings (SSSR count). The minimum atomic E-state index is -1.02. The third-order valence-electron chi connectivity index (χ3n) is 6.97. The van der Waals surface area contributed by atoms with Crippen LogP contribution in [0.25, 0.3) is 11.4 Å². The first-order valence-corrected chi connectivity index (χ1v) is 16.4. The fourth-order valence-electron chi connectivity index (χ4n) is 4.75. The molecule has 46 heavy (non-hydrogen) atoms. The van der Waals surface area contributed by atoms with Crippen molar-refractivity contribution >= 4 is 35.6 Å². The van der Waals surface area contributed by atoms with Gasteiger partial charge in [-0.25, -0.2) is 14.8 Å². The second kappa shape index (κ2) is 16.2. The number of aromatic nitrogens is 2. The van der Waals surface area contributed by atoms with E-state index < -0.39 is 29.6 Å². The van der Waals surface area contributed by atoms with Crippen molar-refractivity contribution in [3.63, 3.8) is 0 Å². The molecular formula is C34H41N5O6S. The highest BCUT2D eigenvalue weighted by Gasteiger charge is 2.32. The van der Waals surface area contributed by atoms with Gasteiger partial charge in [0.25, 0.3) is 5.91 Å². The summed E-state index contributed by atoms with van der Waals surface area (Å²) in [6.07, 6.45) is -0.471. The van der Waals surface area contributed by atoms with Crippen molar-refractivity contribution in [3.8, 4) is 11.4 Å². The molecule has 1 aliphatic rings. The fourth-order valence-corrected chi connectivity index (χ4v) is 5.60. The summed E-state index contributed by atoms with van der Waals surface area (Å²) in [6, 6.07) is 19.9. The standard InChI is InChI=1S/C34H41N5O6S/c1-5-44-33(43)39-20-18-38(19-21-39)32(42)26(16-17-29(40)45-34(2,3)4)36-31(41)27-22-28(46-23-24-12-8-6-9-13-24)37-30(35-27)25-14-10-7-11-15-25/h6-15,22,26H,5,16-21,23H2,1-4H3,(H,36,41)/t26-/m0/s1. The van der Waals surface area contributed by atoms with E-state index in [0.717, 1.165) is 11.1 Å². The van der Waals surface area contributed by atoms with E-state index in [9.17, 15) is 19.2 Å². The summed E-state index contributed by atoms with van der Waals surface area (Å²) in [5.74, 6) is -0.359. The predicted molar refractivity (Wildman–Crippen MR) is 175 cm³/mol. The van der Waals surface area contributed by atoms with Crippen molar-refractivity contribution in [1.29, 1.82) is 0 Å². The van der Waals surface area contributed by atoms with Crippen LogP contribution in [0.2, 0.25) is 0 Å². The summed E-state index contributed by atoms with van der Waals surface area (Å²) in [7, 11) is 0. The van der Waals surface area contributed by atoms with Crippen molar-refractivity contribution in [3.05, 3.63) is 78.0 Å². The molecule has 3 amide bonds. The van der Waals surface area contributed by atoms with Gasteiger partial charge in [0.1, 0.15) is 22.4 Å². The Balaban J connectivity index is 1.55. The molecule has 1 N–H and O–H groups in total. The molecule has 2 heterocycles. The Labute approximate surface area is 274 Å². The molecule has 0 unspecified atom stereocenters. The molecule has 1 atom stereocenters. The van der Waals surface area contributed by atoms with E-state index in [1.807, 2.05) is 60.7 Å². The summed E-state index contributed by atoms with van der Waals surface area (Å²) in [5, 5.41) is 3.45. The van der Waals surface area contributed by atoms with Crippen LogP contribution < -0.4 is 5.32 Å². The number of benzene rings is 2. The molecule has 1 aromatic heterocycles. The summed E-state index contributed by atoms with van der Waals surface area (Å²) >= 11 is 1.48. The van der Waals surface area contributed by atoms with Crippen molar-refractivity contribution in [2.24, 2.45) is 0 Å². The molecule has 1 saturated heterocycles. The first kappa shape index (κ1) is 34.4. The van der Waals surface area contributed by atoms with Crippen LogP contribution in [0.1, 0.15) is 56.6 Å². The van der Waals surface area contributed by atoms with Crippen LogP contribution in [0.4, 0.5) is 4.79 Å². The number of thioether (sulfide) groups is 1. The molecule has 0 saturated carbocycles. The zero-order valence-corrected chi connectivity index (χ0v) is 27.5. The van der Waals surface area contributed by atoms with Crippen LogP contribution in [-0.2, 0) is 24.8 Å². The number of nitrogens with one attached hydrogen (secondary N) is 1. The van der Waals surface area contributed by atoms with Gasteiger partial charge in [-0.2, -0.15) is 0 Å². The second-order valence-electron chi connectivity index (χ2n) is 11.7.